The fourth-order valence-corrected chi connectivity index (χ4v) is 2.51. The van der Waals surface area contributed by atoms with Crippen molar-refractivity contribution < 1.29 is 14.4 Å². The van der Waals surface area contributed by atoms with Crippen LogP contribution in [-0.2, 0) is 16.2 Å². The number of carbonyl (C=O) groups is 1. The van der Waals surface area contributed by atoms with Crippen LogP contribution in [-0.4, -0.2) is 18.1 Å². The van der Waals surface area contributed by atoms with Gasteiger partial charge in [-0.3, -0.25) is 4.79 Å². The van der Waals surface area contributed by atoms with Crippen LogP contribution in [0.4, 0.5) is 0 Å². The molecule has 1 saturated heterocycles. The van der Waals surface area contributed by atoms with Crippen molar-refractivity contribution in [2.45, 2.75) is 19.0 Å². The summed E-state index contributed by atoms with van der Waals surface area (Å²) in [4.78, 5) is 17.0. The summed E-state index contributed by atoms with van der Waals surface area (Å²) in [7, 11) is 1.64. The van der Waals surface area contributed by atoms with Gasteiger partial charge in [-0.15, -0.1) is 5.06 Å². The van der Waals surface area contributed by atoms with Crippen molar-refractivity contribution in [2.75, 3.05) is 7.11 Å². The largest absolute Gasteiger partial charge is 0.497 e. The SMILES string of the molecule is COc1ccc([C@@H]2CC(=O)ON2Cc2ccccc2)cc1. The molecule has 1 heterocycles. The van der Waals surface area contributed by atoms with Gasteiger partial charge in [0.25, 0.3) is 0 Å². The van der Waals surface area contributed by atoms with E-state index < -0.39 is 0 Å². The van der Waals surface area contributed by atoms with Crippen molar-refractivity contribution in [1.29, 1.82) is 0 Å². The molecule has 0 bridgehead atoms. The Hall–Kier alpha value is -2.33. The number of benzene rings is 2. The van der Waals surface area contributed by atoms with Gasteiger partial charge in [-0.2, -0.15) is 0 Å². The Morgan fingerprint density at radius 1 is 1.14 bits per heavy atom. The fourth-order valence-electron chi connectivity index (χ4n) is 2.51. The molecular weight excluding hydrogens is 266 g/mol. The third kappa shape index (κ3) is 3.06. The van der Waals surface area contributed by atoms with Crippen LogP contribution < -0.4 is 4.74 Å². The van der Waals surface area contributed by atoms with Crippen LogP contribution in [0.2, 0.25) is 0 Å². The maximum absolute atomic E-state index is 11.7. The number of carbonyl (C=O) groups excluding carboxylic acids is 1. The summed E-state index contributed by atoms with van der Waals surface area (Å²) in [5.74, 6) is 0.616. The summed E-state index contributed by atoms with van der Waals surface area (Å²) in [5.41, 5.74) is 2.17. The van der Waals surface area contributed by atoms with E-state index in [0.717, 1.165) is 16.9 Å². The zero-order valence-electron chi connectivity index (χ0n) is 11.9. The summed E-state index contributed by atoms with van der Waals surface area (Å²) < 4.78 is 5.16. The van der Waals surface area contributed by atoms with Crippen LogP contribution in [0.1, 0.15) is 23.6 Å². The molecule has 1 atom stereocenters. The molecule has 0 spiro atoms. The van der Waals surface area contributed by atoms with Gasteiger partial charge in [0.2, 0.25) is 0 Å². The molecule has 0 amide bonds. The van der Waals surface area contributed by atoms with Crippen molar-refractivity contribution in [2.24, 2.45) is 0 Å². The summed E-state index contributed by atoms with van der Waals surface area (Å²) >= 11 is 0. The Kier molecular flexibility index (Phi) is 3.88. The molecular formula is C17H17NO3. The van der Waals surface area contributed by atoms with E-state index in [2.05, 4.69) is 0 Å². The van der Waals surface area contributed by atoms with Gasteiger partial charge in [-0.05, 0) is 23.3 Å². The van der Waals surface area contributed by atoms with Crippen LogP contribution in [0.25, 0.3) is 0 Å². The molecule has 1 aliphatic rings. The minimum Gasteiger partial charge on any atom is -0.497 e. The van der Waals surface area contributed by atoms with Gasteiger partial charge in [0.15, 0.2) is 0 Å². The van der Waals surface area contributed by atoms with Crippen molar-refractivity contribution in [3.05, 3.63) is 65.7 Å². The van der Waals surface area contributed by atoms with Crippen molar-refractivity contribution in [3.63, 3.8) is 0 Å². The van der Waals surface area contributed by atoms with Crippen LogP contribution in [0.5, 0.6) is 5.75 Å². The lowest BCUT2D eigenvalue weighted by atomic mass is 10.0. The molecule has 0 radical (unpaired) electrons. The normalized spacial score (nSPS) is 18.5. The van der Waals surface area contributed by atoms with Crippen molar-refractivity contribution >= 4 is 5.97 Å². The summed E-state index contributed by atoms with van der Waals surface area (Å²) in [6, 6.07) is 17.7. The van der Waals surface area contributed by atoms with E-state index in [-0.39, 0.29) is 12.0 Å². The number of hydroxylamine groups is 2. The van der Waals surface area contributed by atoms with E-state index in [9.17, 15) is 4.79 Å². The molecule has 4 nitrogen and oxygen atoms in total. The Morgan fingerprint density at radius 2 is 1.86 bits per heavy atom. The van der Waals surface area contributed by atoms with E-state index >= 15 is 0 Å². The highest BCUT2D eigenvalue weighted by molar-refractivity contribution is 5.72. The van der Waals surface area contributed by atoms with Gasteiger partial charge in [0.1, 0.15) is 5.75 Å². The third-order valence-corrected chi connectivity index (χ3v) is 3.61. The van der Waals surface area contributed by atoms with Crippen molar-refractivity contribution in [1.82, 2.24) is 5.06 Å². The summed E-state index contributed by atoms with van der Waals surface area (Å²) in [6.07, 6.45) is 0.374. The average molecular weight is 283 g/mol. The smallest absolute Gasteiger partial charge is 0.327 e. The van der Waals surface area contributed by atoms with E-state index in [0.29, 0.717) is 13.0 Å². The minimum absolute atomic E-state index is 0.0522. The molecule has 21 heavy (non-hydrogen) atoms. The number of rotatable bonds is 4. The van der Waals surface area contributed by atoms with E-state index in [1.54, 1.807) is 12.2 Å². The number of methoxy groups -OCH3 is 1. The van der Waals surface area contributed by atoms with E-state index in [1.807, 2.05) is 54.6 Å². The highest BCUT2D eigenvalue weighted by Crippen LogP contribution is 2.33. The maximum Gasteiger partial charge on any atom is 0.327 e. The molecule has 0 aliphatic carbocycles. The predicted octanol–water partition coefficient (Wildman–Crippen LogP) is 3.10. The monoisotopic (exact) mass is 283 g/mol. The molecule has 0 unspecified atom stereocenters. The summed E-state index contributed by atoms with van der Waals surface area (Å²) in [6.45, 7) is 0.587. The van der Waals surface area contributed by atoms with E-state index in [4.69, 9.17) is 9.57 Å². The molecule has 108 valence electrons. The molecule has 1 fully saturated rings. The molecule has 4 heteroatoms. The van der Waals surface area contributed by atoms with E-state index in [1.165, 1.54) is 0 Å². The molecule has 0 saturated carbocycles. The molecule has 2 aromatic rings. The Bertz CT molecular complexity index is 610. The Balaban J connectivity index is 1.80. The van der Waals surface area contributed by atoms with Crippen LogP contribution in [0.3, 0.4) is 0 Å². The zero-order valence-corrected chi connectivity index (χ0v) is 11.9. The second kappa shape index (κ2) is 5.97. The van der Waals surface area contributed by atoms with Crippen LogP contribution in [0.15, 0.2) is 54.6 Å². The number of nitrogens with zero attached hydrogens (tertiary/aromatic N) is 1. The number of hydrogen-bond donors (Lipinski definition) is 0. The standard InChI is InChI=1S/C17H17NO3/c1-20-15-9-7-14(8-10-15)16-11-17(19)21-18(16)12-13-5-3-2-4-6-13/h2-10,16H,11-12H2,1H3/t16-/m0/s1. The van der Waals surface area contributed by atoms with Gasteiger partial charge < -0.3 is 9.57 Å². The first kappa shape index (κ1) is 13.6. The molecule has 3 rings (SSSR count). The number of hydrogen-bond acceptors (Lipinski definition) is 4. The highest BCUT2D eigenvalue weighted by Gasteiger charge is 2.34. The maximum atomic E-state index is 11.7. The molecule has 2 aromatic carbocycles. The van der Waals surface area contributed by atoms with Crippen LogP contribution >= 0.6 is 0 Å². The predicted molar refractivity (Wildman–Crippen MR) is 78.4 cm³/mol. The second-order valence-electron chi connectivity index (χ2n) is 5.02. The lowest BCUT2D eigenvalue weighted by molar-refractivity contribution is -0.178. The topological polar surface area (TPSA) is 38.8 Å². The first-order valence-electron chi connectivity index (χ1n) is 6.91. The molecule has 0 aromatic heterocycles. The van der Waals surface area contributed by atoms with Gasteiger partial charge in [-0.25, -0.2) is 0 Å². The van der Waals surface area contributed by atoms with Gasteiger partial charge in [0, 0.05) is 0 Å². The van der Waals surface area contributed by atoms with Crippen molar-refractivity contribution in [3.8, 4) is 5.75 Å². The summed E-state index contributed by atoms with van der Waals surface area (Å²) in [5, 5.41) is 1.75. The van der Waals surface area contributed by atoms with Gasteiger partial charge in [-0.1, -0.05) is 42.5 Å². The average Bonchev–Trinajstić information content (AvgIpc) is 2.89. The third-order valence-electron chi connectivity index (χ3n) is 3.61. The zero-order chi connectivity index (χ0) is 14.7. The quantitative estimate of drug-likeness (QED) is 0.864. The Labute approximate surface area is 123 Å². The lowest BCUT2D eigenvalue weighted by Gasteiger charge is -2.21. The Morgan fingerprint density at radius 3 is 2.52 bits per heavy atom. The van der Waals surface area contributed by atoms with Gasteiger partial charge >= 0.3 is 5.97 Å². The second-order valence-corrected chi connectivity index (χ2v) is 5.02. The number of ether oxygens (including phenoxy) is 1. The first-order valence-corrected chi connectivity index (χ1v) is 6.91. The van der Waals surface area contributed by atoms with Crippen LogP contribution in [0, 0.1) is 0 Å². The lowest BCUT2D eigenvalue weighted by Crippen LogP contribution is -2.21. The minimum atomic E-state index is -0.188. The first-order chi connectivity index (χ1) is 10.3. The molecule has 0 N–H and O–H groups in total. The molecule has 1 aliphatic heterocycles. The highest BCUT2D eigenvalue weighted by atomic mass is 16.7. The fraction of sp³-hybridized carbons (Fsp3) is 0.235. The van der Waals surface area contributed by atoms with Gasteiger partial charge in [0.05, 0.1) is 26.1 Å².